The quantitative estimate of drug-likeness (QED) is 0.860. The van der Waals surface area contributed by atoms with Gasteiger partial charge in [0.15, 0.2) is 0 Å². The van der Waals surface area contributed by atoms with Crippen LogP contribution in [-0.2, 0) is 10.3 Å². The van der Waals surface area contributed by atoms with Crippen LogP contribution in [0.25, 0.3) is 0 Å². The van der Waals surface area contributed by atoms with Crippen LogP contribution >= 0.6 is 0 Å². The lowest BCUT2D eigenvalue weighted by Gasteiger charge is -2.31. The summed E-state index contributed by atoms with van der Waals surface area (Å²) in [6.45, 7) is 3.74. The van der Waals surface area contributed by atoms with Gasteiger partial charge in [0.25, 0.3) is 0 Å². The third kappa shape index (κ3) is 2.41. The summed E-state index contributed by atoms with van der Waals surface area (Å²) in [6, 6.07) is 8.04. The average molecular weight is 247 g/mol. The molecule has 1 fully saturated rings. The third-order valence-electron chi connectivity index (χ3n) is 3.96. The fraction of sp³-hybridized carbons (Fsp3) is 0.533. The number of carboxylic acid groups (broad SMARTS) is 1. The third-order valence-corrected chi connectivity index (χ3v) is 3.96. The first kappa shape index (κ1) is 13.1. The zero-order valence-electron chi connectivity index (χ0n) is 11.1. The van der Waals surface area contributed by atoms with Crippen LogP contribution in [0.1, 0.15) is 43.7 Å². The maximum absolute atomic E-state index is 11.7. The summed E-state index contributed by atoms with van der Waals surface area (Å²) in [5, 5.41) is 13.0. The smallest absolute Gasteiger partial charge is 0.328 e. The Morgan fingerprint density at radius 2 is 1.94 bits per heavy atom. The molecule has 0 aromatic heterocycles. The van der Waals surface area contributed by atoms with Crippen LogP contribution in [0.2, 0.25) is 0 Å². The lowest BCUT2D eigenvalue weighted by atomic mass is 9.87. The second-order valence-corrected chi connectivity index (χ2v) is 5.37. The molecule has 0 saturated heterocycles. The predicted molar refractivity (Wildman–Crippen MR) is 71.6 cm³/mol. The molecule has 18 heavy (non-hydrogen) atoms. The van der Waals surface area contributed by atoms with Crippen molar-refractivity contribution in [2.75, 3.05) is 0 Å². The van der Waals surface area contributed by atoms with Gasteiger partial charge in [0.1, 0.15) is 5.54 Å². The van der Waals surface area contributed by atoms with E-state index in [1.807, 2.05) is 31.2 Å². The Kier molecular flexibility index (Phi) is 3.71. The highest BCUT2D eigenvalue weighted by molar-refractivity contribution is 5.80. The van der Waals surface area contributed by atoms with Crippen molar-refractivity contribution in [1.29, 1.82) is 0 Å². The van der Waals surface area contributed by atoms with Gasteiger partial charge in [-0.2, -0.15) is 0 Å². The number of rotatable bonds is 4. The van der Waals surface area contributed by atoms with Gasteiger partial charge in [-0.15, -0.1) is 0 Å². The molecule has 3 nitrogen and oxygen atoms in total. The highest BCUT2D eigenvalue weighted by Gasteiger charge is 2.38. The molecule has 0 aliphatic heterocycles. The molecule has 0 spiro atoms. The van der Waals surface area contributed by atoms with Gasteiger partial charge in [0.2, 0.25) is 0 Å². The predicted octanol–water partition coefficient (Wildman–Crippen LogP) is 2.83. The second-order valence-electron chi connectivity index (χ2n) is 5.37. The van der Waals surface area contributed by atoms with Crippen molar-refractivity contribution in [1.82, 2.24) is 5.32 Å². The van der Waals surface area contributed by atoms with E-state index in [9.17, 15) is 9.90 Å². The van der Waals surface area contributed by atoms with E-state index in [0.717, 1.165) is 24.0 Å². The van der Waals surface area contributed by atoms with E-state index < -0.39 is 11.5 Å². The van der Waals surface area contributed by atoms with Gasteiger partial charge in [-0.1, -0.05) is 37.1 Å². The summed E-state index contributed by atoms with van der Waals surface area (Å²) in [4.78, 5) is 11.7. The van der Waals surface area contributed by atoms with Gasteiger partial charge in [-0.05, 0) is 37.8 Å². The van der Waals surface area contributed by atoms with Crippen molar-refractivity contribution in [3.8, 4) is 0 Å². The van der Waals surface area contributed by atoms with Gasteiger partial charge in [0, 0.05) is 6.04 Å². The second kappa shape index (κ2) is 5.11. The monoisotopic (exact) mass is 247 g/mol. The minimum absolute atomic E-state index is 0.325. The maximum Gasteiger partial charge on any atom is 0.328 e. The topological polar surface area (TPSA) is 49.3 Å². The highest BCUT2D eigenvalue weighted by atomic mass is 16.4. The Morgan fingerprint density at radius 1 is 1.33 bits per heavy atom. The van der Waals surface area contributed by atoms with E-state index in [0.29, 0.717) is 6.04 Å². The molecular formula is C15H21NO2. The molecule has 0 heterocycles. The lowest BCUT2D eigenvalue weighted by Crippen LogP contribution is -2.51. The first-order valence-corrected chi connectivity index (χ1v) is 6.61. The van der Waals surface area contributed by atoms with Crippen LogP contribution in [0.3, 0.4) is 0 Å². The number of benzene rings is 1. The number of nitrogens with one attached hydrogen (secondary N) is 1. The molecule has 98 valence electrons. The van der Waals surface area contributed by atoms with Crippen LogP contribution in [-0.4, -0.2) is 17.1 Å². The van der Waals surface area contributed by atoms with E-state index >= 15 is 0 Å². The molecule has 2 rings (SSSR count). The summed E-state index contributed by atoms with van der Waals surface area (Å²) in [5.41, 5.74) is 0.901. The molecule has 1 unspecified atom stereocenters. The van der Waals surface area contributed by atoms with E-state index in [1.54, 1.807) is 6.92 Å². The van der Waals surface area contributed by atoms with Crippen molar-refractivity contribution in [3.05, 3.63) is 35.4 Å². The van der Waals surface area contributed by atoms with Gasteiger partial charge in [-0.25, -0.2) is 4.79 Å². The van der Waals surface area contributed by atoms with Gasteiger partial charge >= 0.3 is 5.97 Å². The fourth-order valence-corrected chi connectivity index (χ4v) is 2.87. The van der Waals surface area contributed by atoms with Crippen LogP contribution in [0.4, 0.5) is 0 Å². The summed E-state index contributed by atoms with van der Waals surface area (Å²) in [7, 11) is 0. The number of carbonyl (C=O) groups is 1. The van der Waals surface area contributed by atoms with Crippen LogP contribution in [0.5, 0.6) is 0 Å². The molecule has 0 bridgehead atoms. The fourth-order valence-electron chi connectivity index (χ4n) is 2.87. The summed E-state index contributed by atoms with van der Waals surface area (Å²) in [6.07, 6.45) is 4.55. The molecule has 1 saturated carbocycles. The van der Waals surface area contributed by atoms with Crippen molar-refractivity contribution >= 4 is 5.97 Å². The summed E-state index contributed by atoms with van der Waals surface area (Å²) in [5.74, 6) is -0.802. The Labute approximate surface area is 108 Å². The molecule has 1 aliphatic carbocycles. The maximum atomic E-state index is 11.7. The van der Waals surface area contributed by atoms with Gasteiger partial charge < -0.3 is 5.11 Å². The molecule has 0 radical (unpaired) electrons. The average Bonchev–Trinajstić information content (AvgIpc) is 2.81. The van der Waals surface area contributed by atoms with Crippen molar-refractivity contribution in [3.63, 3.8) is 0 Å². The molecule has 2 N–H and O–H groups in total. The molecule has 3 heteroatoms. The van der Waals surface area contributed by atoms with E-state index in [1.165, 1.54) is 12.8 Å². The largest absolute Gasteiger partial charge is 0.480 e. The number of aryl methyl sites for hydroxylation is 1. The molecule has 1 aromatic rings. The van der Waals surface area contributed by atoms with Gasteiger partial charge in [0.05, 0.1) is 0 Å². The number of carboxylic acids is 1. The molecule has 1 atom stereocenters. The number of hydrogen-bond donors (Lipinski definition) is 2. The zero-order chi connectivity index (χ0) is 13.2. The summed E-state index contributed by atoms with van der Waals surface area (Å²) < 4.78 is 0. The Bertz CT molecular complexity index is 438. The van der Waals surface area contributed by atoms with Crippen LogP contribution < -0.4 is 5.32 Å². The highest BCUT2D eigenvalue weighted by Crippen LogP contribution is 2.28. The SMILES string of the molecule is Cc1ccccc1C(C)(NC1CCCC1)C(=O)O. The standard InChI is InChI=1S/C15H21NO2/c1-11-7-3-6-10-13(11)15(2,14(17)18)16-12-8-4-5-9-12/h3,6-7,10,12,16H,4-5,8-9H2,1-2H3,(H,17,18). The van der Waals surface area contributed by atoms with E-state index in [4.69, 9.17) is 0 Å². The van der Waals surface area contributed by atoms with Crippen molar-refractivity contribution < 1.29 is 9.90 Å². The van der Waals surface area contributed by atoms with Crippen LogP contribution in [0.15, 0.2) is 24.3 Å². The zero-order valence-corrected chi connectivity index (χ0v) is 11.1. The lowest BCUT2D eigenvalue weighted by molar-refractivity contribution is -0.145. The van der Waals surface area contributed by atoms with Crippen molar-refractivity contribution in [2.24, 2.45) is 0 Å². The number of aliphatic carboxylic acids is 1. The Morgan fingerprint density at radius 3 is 2.50 bits per heavy atom. The minimum Gasteiger partial charge on any atom is -0.480 e. The van der Waals surface area contributed by atoms with Crippen molar-refractivity contribution in [2.45, 2.75) is 51.1 Å². The Balaban J connectivity index is 2.31. The van der Waals surface area contributed by atoms with E-state index in [2.05, 4.69) is 5.32 Å². The first-order chi connectivity index (χ1) is 8.54. The van der Waals surface area contributed by atoms with Gasteiger partial charge in [-0.3, -0.25) is 5.32 Å². The number of hydrogen-bond acceptors (Lipinski definition) is 2. The molecule has 1 aromatic carbocycles. The summed E-state index contributed by atoms with van der Waals surface area (Å²) >= 11 is 0. The molecule has 0 amide bonds. The van der Waals surface area contributed by atoms with Crippen LogP contribution in [0, 0.1) is 6.92 Å². The van der Waals surface area contributed by atoms with E-state index in [-0.39, 0.29) is 0 Å². The Hall–Kier alpha value is -1.35. The normalized spacial score (nSPS) is 19.7. The molecular weight excluding hydrogens is 226 g/mol. The molecule has 1 aliphatic rings. The minimum atomic E-state index is -0.986. The first-order valence-electron chi connectivity index (χ1n) is 6.61.